The molecule has 7 heteroatoms. The Morgan fingerprint density at radius 2 is 1.94 bits per heavy atom. The molecule has 3 N–H and O–H groups in total. The van der Waals surface area contributed by atoms with Crippen molar-refractivity contribution in [1.29, 1.82) is 0 Å². The van der Waals surface area contributed by atoms with Gasteiger partial charge in [-0.3, -0.25) is 4.79 Å². The zero-order valence-electron chi connectivity index (χ0n) is 9.96. The fourth-order valence-corrected chi connectivity index (χ4v) is 2.17. The van der Waals surface area contributed by atoms with E-state index in [1.807, 2.05) is 0 Å². The number of hydrogen-bond acceptors (Lipinski definition) is 4. The van der Waals surface area contributed by atoms with Gasteiger partial charge in [0.15, 0.2) is 0 Å². The van der Waals surface area contributed by atoms with Crippen LogP contribution in [0.1, 0.15) is 6.92 Å². The molecular weight excluding hydrogens is 256 g/mol. The second kappa shape index (κ2) is 6.48. The summed E-state index contributed by atoms with van der Waals surface area (Å²) in [5, 5.41) is 11.3. The highest BCUT2D eigenvalue weighted by atomic mass is 32.2. The summed E-state index contributed by atoms with van der Waals surface area (Å²) in [5.41, 5.74) is 0. The lowest BCUT2D eigenvalue weighted by Gasteiger charge is -2.08. The summed E-state index contributed by atoms with van der Waals surface area (Å²) in [4.78, 5) is 11.4. The van der Waals surface area contributed by atoms with Crippen molar-refractivity contribution in [1.82, 2.24) is 10.0 Å². The smallest absolute Gasteiger partial charge is 0.241 e. The van der Waals surface area contributed by atoms with Gasteiger partial charge >= 0.3 is 0 Å². The van der Waals surface area contributed by atoms with Crippen molar-refractivity contribution in [3.63, 3.8) is 0 Å². The van der Waals surface area contributed by atoms with Gasteiger partial charge in [-0.1, -0.05) is 18.2 Å². The second-order valence-electron chi connectivity index (χ2n) is 3.79. The molecular formula is C11H16N2O4S. The van der Waals surface area contributed by atoms with E-state index in [1.54, 1.807) is 18.2 Å². The lowest BCUT2D eigenvalue weighted by atomic mass is 10.4. The van der Waals surface area contributed by atoms with Crippen LogP contribution in [0.5, 0.6) is 0 Å². The van der Waals surface area contributed by atoms with E-state index in [1.165, 1.54) is 19.1 Å². The van der Waals surface area contributed by atoms with E-state index in [0.717, 1.165) is 0 Å². The van der Waals surface area contributed by atoms with Crippen LogP contribution in [0.2, 0.25) is 0 Å². The number of nitrogens with one attached hydrogen (secondary N) is 2. The van der Waals surface area contributed by atoms with E-state index in [2.05, 4.69) is 10.0 Å². The molecule has 0 aliphatic rings. The molecule has 6 nitrogen and oxygen atoms in total. The Kier molecular flexibility index (Phi) is 5.26. The Morgan fingerprint density at radius 3 is 2.50 bits per heavy atom. The first kappa shape index (κ1) is 14.6. The van der Waals surface area contributed by atoms with E-state index in [4.69, 9.17) is 5.11 Å². The molecule has 1 atom stereocenters. The van der Waals surface area contributed by atoms with Gasteiger partial charge in [-0.05, 0) is 19.1 Å². The van der Waals surface area contributed by atoms with E-state index in [-0.39, 0.29) is 18.0 Å². The third-order valence-electron chi connectivity index (χ3n) is 2.07. The highest BCUT2D eigenvalue weighted by Crippen LogP contribution is 2.06. The molecule has 0 radical (unpaired) electrons. The standard InChI is InChI=1S/C11H16N2O4S/c1-9(14)7-12-11(15)8-13-18(16,17)10-5-3-2-4-6-10/h2-6,9,13-14H,7-8H2,1H3,(H,12,15)/t9-/m1/s1. The number of carbonyl (C=O) groups is 1. The summed E-state index contributed by atoms with van der Waals surface area (Å²) in [6.07, 6.45) is -0.667. The molecule has 0 saturated heterocycles. The van der Waals surface area contributed by atoms with Crippen LogP contribution in [0.25, 0.3) is 0 Å². The first-order chi connectivity index (χ1) is 8.42. The van der Waals surface area contributed by atoms with Gasteiger partial charge in [-0.25, -0.2) is 13.1 Å². The Morgan fingerprint density at radius 1 is 1.33 bits per heavy atom. The Bertz CT molecular complexity index is 485. The lowest BCUT2D eigenvalue weighted by Crippen LogP contribution is -2.39. The molecule has 0 saturated carbocycles. The molecule has 0 heterocycles. The molecule has 0 aliphatic carbocycles. The van der Waals surface area contributed by atoms with Crippen LogP contribution in [-0.2, 0) is 14.8 Å². The number of rotatable bonds is 6. The average molecular weight is 272 g/mol. The molecule has 0 aromatic heterocycles. The van der Waals surface area contributed by atoms with Crippen LogP contribution in [0.4, 0.5) is 0 Å². The maximum absolute atomic E-state index is 11.7. The van der Waals surface area contributed by atoms with Crippen LogP contribution in [0.15, 0.2) is 35.2 Å². The summed E-state index contributed by atoms with van der Waals surface area (Å²) in [5.74, 6) is -0.490. The molecule has 0 fully saturated rings. The minimum absolute atomic E-state index is 0.0892. The summed E-state index contributed by atoms with van der Waals surface area (Å²) < 4.78 is 25.6. The van der Waals surface area contributed by atoms with Gasteiger partial charge in [-0.15, -0.1) is 0 Å². The van der Waals surface area contributed by atoms with E-state index in [0.29, 0.717) is 0 Å². The summed E-state index contributed by atoms with van der Waals surface area (Å²) in [7, 11) is -3.67. The number of aliphatic hydroxyl groups is 1. The van der Waals surface area contributed by atoms with Crippen molar-refractivity contribution in [3.8, 4) is 0 Å². The van der Waals surface area contributed by atoms with E-state index in [9.17, 15) is 13.2 Å². The summed E-state index contributed by atoms with van der Waals surface area (Å²) in [6, 6.07) is 7.78. The Balaban J connectivity index is 2.51. The van der Waals surface area contributed by atoms with Crippen LogP contribution in [0.3, 0.4) is 0 Å². The molecule has 18 heavy (non-hydrogen) atoms. The van der Waals surface area contributed by atoms with E-state index < -0.39 is 22.0 Å². The maximum atomic E-state index is 11.7. The van der Waals surface area contributed by atoms with Gasteiger partial charge in [0.25, 0.3) is 0 Å². The second-order valence-corrected chi connectivity index (χ2v) is 5.56. The SMILES string of the molecule is C[C@@H](O)CNC(=O)CNS(=O)(=O)c1ccccc1. The zero-order valence-corrected chi connectivity index (χ0v) is 10.8. The van der Waals surface area contributed by atoms with Crippen LogP contribution < -0.4 is 10.0 Å². The van der Waals surface area contributed by atoms with Crippen molar-refractivity contribution in [2.24, 2.45) is 0 Å². The number of sulfonamides is 1. The van der Waals surface area contributed by atoms with Crippen molar-refractivity contribution in [2.75, 3.05) is 13.1 Å². The van der Waals surface area contributed by atoms with Crippen molar-refractivity contribution in [3.05, 3.63) is 30.3 Å². The van der Waals surface area contributed by atoms with Crippen LogP contribution in [-0.4, -0.2) is 38.6 Å². The minimum Gasteiger partial charge on any atom is -0.392 e. The van der Waals surface area contributed by atoms with E-state index >= 15 is 0 Å². The van der Waals surface area contributed by atoms with Crippen LogP contribution >= 0.6 is 0 Å². The van der Waals surface area contributed by atoms with Gasteiger partial charge < -0.3 is 10.4 Å². The highest BCUT2D eigenvalue weighted by Gasteiger charge is 2.14. The predicted molar refractivity (Wildman–Crippen MR) is 66.3 cm³/mol. The first-order valence-electron chi connectivity index (χ1n) is 5.41. The molecule has 1 aromatic rings. The number of carbonyl (C=O) groups excluding carboxylic acids is 1. The van der Waals surface area contributed by atoms with Gasteiger partial charge in [0.2, 0.25) is 15.9 Å². The number of benzene rings is 1. The molecule has 0 unspecified atom stereocenters. The largest absolute Gasteiger partial charge is 0.392 e. The summed E-state index contributed by atoms with van der Waals surface area (Å²) >= 11 is 0. The van der Waals surface area contributed by atoms with Crippen molar-refractivity contribution < 1.29 is 18.3 Å². The fraction of sp³-hybridized carbons (Fsp3) is 0.364. The van der Waals surface area contributed by atoms with Gasteiger partial charge in [0.05, 0.1) is 17.5 Å². The van der Waals surface area contributed by atoms with Gasteiger partial charge in [0, 0.05) is 6.54 Å². The highest BCUT2D eigenvalue weighted by molar-refractivity contribution is 7.89. The fourth-order valence-electron chi connectivity index (χ4n) is 1.17. The molecule has 1 amide bonds. The van der Waals surface area contributed by atoms with Crippen LogP contribution in [0, 0.1) is 0 Å². The number of amides is 1. The molecule has 1 rings (SSSR count). The summed E-state index contributed by atoms with van der Waals surface area (Å²) in [6.45, 7) is 1.25. The quantitative estimate of drug-likeness (QED) is 0.648. The minimum atomic E-state index is -3.67. The third kappa shape index (κ3) is 4.82. The maximum Gasteiger partial charge on any atom is 0.241 e. The van der Waals surface area contributed by atoms with Gasteiger partial charge in [0.1, 0.15) is 0 Å². The normalized spacial score (nSPS) is 13.0. The lowest BCUT2D eigenvalue weighted by molar-refractivity contribution is -0.120. The van der Waals surface area contributed by atoms with Crippen molar-refractivity contribution in [2.45, 2.75) is 17.9 Å². The van der Waals surface area contributed by atoms with Crippen molar-refractivity contribution >= 4 is 15.9 Å². The Hall–Kier alpha value is -1.44. The molecule has 0 spiro atoms. The molecule has 0 bridgehead atoms. The third-order valence-corrected chi connectivity index (χ3v) is 3.49. The monoisotopic (exact) mass is 272 g/mol. The van der Waals surface area contributed by atoms with Gasteiger partial charge in [-0.2, -0.15) is 0 Å². The molecule has 0 aliphatic heterocycles. The topological polar surface area (TPSA) is 95.5 Å². The number of aliphatic hydroxyl groups excluding tert-OH is 1. The average Bonchev–Trinajstić information content (AvgIpc) is 2.35. The number of hydrogen-bond donors (Lipinski definition) is 3. The zero-order chi connectivity index (χ0) is 13.6. The molecule has 1 aromatic carbocycles. The predicted octanol–water partition coefficient (Wildman–Crippen LogP) is -0.538. The molecule has 100 valence electrons. The Labute approximate surface area is 106 Å². The first-order valence-corrected chi connectivity index (χ1v) is 6.89.